The second-order valence-electron chi connectivity index (χ2n) is 10.7. The van der Waals surface area contributed by atoms with Gasteiger partial charge in [-0.05, 0) is 27.8 Å². The summed E-state index contributed by atoms with van der Waals surface area (Å²) in [5, 5.41) is 20.5. The molecule has 1 aliphatic rings. The Bertz CT molecular complexity index is 2170. The number of sulfonamides is 1. The van der Waals surface area contributed by atoms with Crippen LogP contribution < -0.4 is 9.83 Å². The topological polar surface area (TPSA) is 209 Å². The fourth-order valence-electron chi connectivity index (χ4n) is 4.82. The number of H-pyrrole nitrogens is 1. The van der Waals surface area contributed by atoms with E-state index in [1.54, 1.807) is 0 Å². The van der Waals surface area contributed by atoms with Crippen molar-refractivity contribution in [3.8, 4) is 39.4 Å². The first-order valence-electron chi connectivity index (χ1n) is 14.6. The summed E-state index contributed by atoms with van der Waals surface area (Å²) in [6, 6.07) is 36.0. The maximum atomic E-state index is 12.9. The molecule has 0 fully saturated rings. The Morgan fingerprint density at radius 1 is 0.714 bits per heavy atom. The van der Waals surface area contributed by atoms with Crippen LogP contribution in [-0.4, -0.2) is 68.1 Å². The van der Waals surface area contributed by atoms with Crippen LogP contribution in [0.1, 0.15) is 27.9 Å². The molecule has 0 radical (unpaired) electrons. The molecule has 1 aromatic heterocycles. The van der Waals surface area contributed by atoms with Crippen molar-refractivity contribution in [1.29, 1.82) is 0 Å². The molecular formula is C35H31N3O9S2-2. The quantitative estimate of drug-likeness (QED) is 0.202. The van der Waals surface area contributed by atoms with Gasteiger partial charge in [0.1, 0.15) is 0 Å². The number of amides is 1. The van der Waals surface area contributed by atoms with Gasteiger partial charge in [0.05, 0.1) is 38.9 Å². The molecule has 3 N–H and O–H groups in total. The molecule has 254 valence electrons. The Balaban J connectivity index is 0.000000304. The van der Waals surface area contributed by atoms with Gasteiger partial charge in [-0.15, -0.1) is 0 Å². The zero-order valence-electron chi connectivity index (χ0n) is 26.3. The molecule has 0 atom stereocenters. The molecule has 0 bridgehead atoms. The molecule has 6 rings (SSSR count). The van der Waals surface area contributed by atoms with Crippen LogP contribution in [0.5, 0.6) is 5.88 Å². The minimum atomic E-state index is -3.92. The maximum Gasteiger partial charge on any atom is 0.280 e. The van der Waals surface area contributed by atoms with Crippen LogP contribution in [0, 0.1) is 0 Å². The number of rotatable bonds is 8. The number of aromatic hydroxyl groups is 1. The highest BCUT2D eigenvalue weighted by molar-refractivity contribution is 7.88. The van der Waals surface area contributed by atoms with E-state index in [0.29, 0.717) is 28.8 Å². The highest BCUT2D eigenvalue weighted by atomic mass is 32.2. The number of fused-ring (bicyclic) bond motifs is 1. The second kappa shape index (κ2) is 15.7. The molecule has 49 heavy (non-hydrogen) atoms. The van der Waals surface area contributed by atoms with Gasteiger partial charge in [-0.3, -0.25) is 4.79 Å². The van der Waals surface area contributed by atoms with Crippen molar-refractivity contribution < 1.29 is 41.2 Å². The number of aliphatic carboxylic acids is 1. The SMILES string of the molecule is CS(=O)(=O)NCCC(=O)[O-].CS(=O)(=O)[O-].O=C1N=C(c2ccc(-c3ccccc3)cc2)c2c(O)[nH]c(-c3ccc(-c4ccccc4)cc3)c21. The van der Waals surface area contributed by atoms with Crippen molar-refractivity contribution >= 4 is 37.7 Å². The van der Waals surface area contributed by atoms with Crippen LogP contribution >= 0.6 is 0 Å². The molecule has 0 saturated carbocycles. The zero-order valence-corrected chi connectivity index (χ0v) is 27.9. The molecule has 0 aliphatic carbocycles. The van der Waals surface area contributed by atoms with Gasteiger partial charge in [-0.1, -0.05) is 109 Å². The summed E-state index contributed by atoms with van der Waals surface area (Å²) in [6.07, 6.45) is 1.27. The Hall–Kier alpha value is -5.41. The third kappa shape index (κ3) is 10.5. The van der Waals surface area contributed by atoms with Crippen LogP contribution in [0.15, 0.2) is 114 Å². The van der Waals surface area contributed by atoms with E-state index in [-0.39, 0.29) is 24.8 Å². The number of nitrogens with zero attached hydrogens (tertiary/aromatic N) is 1. The average molecular weight is 702 g/mol. The zero-order chi connectivity index (χ0) is 35.8. The highest BCUT2D eigenvalue weighted by Gasteiger charge is 2.33. The maximum absolute atomic E-state index is 12.9. The highest BCUT2D eigenvalue weighted by Crippen LogP contribution is 2.38. The standard InChI is InChI=1S/C30H20N2O2.C4H9NO4S.CH4O3S/c33-29-25-26(28(32-29)24-17-13-22(14-18-24)20-9-5-2-6-10-20)30(34)31-27(25)23-15-11-21(12-16-23)19-7-3-1-4-8-19;1-10(8,9)5-3-2-4(6)7;1-5(2,3)4/h1-18,31,34H;5H,2-3H2,1H3,(H,6,7);1H3,(H,2,3,4)/p-2. The lowest BCUT2D eigenvalue weighted by Gasteiger charge is -2.05. The second-order valence-corrected chi connectivity index (χ2v) is 14.0. The van der Waals surface area contributed by atoms with Gasteiger partial charge in [-0.25, -0.2) is 26.6 Å². The van der Waals surface area contributed by atoms with E-state index >= 15 is 0 Å². The smallest absolute Gasteiger partial charge is 0.280 e. The van der Waals surface area contributed by atoms with Crippen LogP contribution in [0.25, 0.3) is 33.5 Å². The number of hydrogen-bond donors (Lipinski definition) is 3. The van der Waals surface area contributed by atoms with E-state index in [2.05, 4.69) is 34.2 Å². The summed E-state index contributed by atoms with van der Waals surface area (Å²) in [5.74, 6) is -1.67. The largest absolute Gasteiger partial charge is 0.748 e. The van der Waals surface area contributed by atoms with Crippen molar-refractivity contribution in [1.82, 2.24) is 9.71 Å². The lowest BCUT2D eigenvalue weighted by atomic mass is 9.97. The molecular weight excluding hydrogens is 671 g/mol. The number of carbonyl (C=O) groups is 2. The van der Waals surface area contributed by atoms with Gasteiger partial charge in [0.25, 0.3) is 5.91 Å². The fourth-order valence-corrected chi connectivity index (χ4v) is 5.29. The lowest BCUT2D eigenvalue weighted by molar-refractivity contribution is -0.305. The number of aliphatic imine (C=N–C) groups is 1. The predicted molar refractivity (Wildman–Crippen MR) is 183 cm³/mol. The van der Waals surface area contributed by atoms with Crippen LogP contribution in [0.3, 0.4) is 0 Å². The van der Waals surface area contributed by atoms with Gasteiger partial charge >= 0.3 is 0 Å². The summed E-state index contributed by atoms with van der Waals surface area (Å²) in [4.78, 5) is 30.0. The van der Waals surface area contributed by atoms with Crippen molar-refractivity contribution in [3.63, 3.8) is 0 Å². The third-order valence-electron chi connectivity index (χ3n) is 6.88. The number of carboxylic acid groups (broad SMARTS) is 1. The predicted octanol–water partition coefficient (Wildman–Crippen LogP) is 3.55. The van der Waals surface area contributed by atoms with Crippen molar-refractivity contribution in [2.75, 3.05) is 19.1 Å². The van der Waals surface area contributed by atoms with Gasteiger partial charge in [0.15, 0.2) is 5.88 Å². The molecule has 1 amide bonds. The van der Waals surface area contributed by atoms with Crippen molar-refractivity contribution in [3.05, 3.63) is 126 Å². The van der Waals surface area contributed by atoms with E-state index in [0.717, 1.165) is 39.6 Å². The number of nitrogens with one attached hydrogen (secondary N) is 2. The summed E-state index contributed by atoms with van der Waals surface area (Å²) >= 11 is 0. The van der Waals surface area contributed by atoms with Gasteiger partial charge in [-0.2, -0.15) is 0 Å². The van der Waals surface area contributed by atoms with E-state index < -0.39 is 26.1 Å². The molecule has 0 unspecified atom stereocenters. The lowest BCUT2D eigenvalue weighted by Crippen LogP contribution is -2.30. The number of aromatic nitrogens is 1. The Labute approximate surface area is 283 Å². The van der Waals surface area contributed by atoms with Crippen LogP contribution in [0.4, 0.5) is 0 Å². The molecule has 0 saturated heterocycles. The van der Waals surface area contributed by atoms with Crippen molar-refractivity contribution in [2.24, 2.45) is 4.99 Å². The first-order valence-corrected chi connectivity index (χ1v) is 18.3. The summed E-state index contributed by atoms with van der Waals surface area (Å²) in [7, 11) is -7.18. The first kappa shape index (κ1) is 36.4. The molecule has 12 nitrogen and oxygen atoms in total. The molecule has 14 heteroatoms. The van der Waals surface area contributed by atoms with Gasteiger partial charge in [0, 0.05) is 30.8 Å². The normalized spacial score (nSPS) is 12.1. The third-order valence-corrected chi connectivity index (χ3v) is 7.61. The molecule has 4 aromatic carbocycles. The van der Waals surface area contributed by atoms with Gasteiger partial charge < -0.3 is 24.5 Å². The van der Waals surface area contributed by atoms with Crippen molar-refractivity contribution in [2.45, 2.75) is 6.42 Å². The fraction of sp³-hybridized carbons (Fsp3) is 0.114. The molecule has 0 spiro atoms. The Morgan fingerprint density at radius 2 is 1.12 bits per heavy atom. The Kier molecular flexibility index (Phi) is 11.6. The van der Waals surface area contributed by atoms with Crippen LogP contribution in [0.2, 0.25) is 0 Å². The number of carbonyl (C=O) groups excluding carboxylic acids is 2. The molecule has 2 heterocycles. The average Bonchev–Trinajstić information content (AvgIpc) is 3.58. The summed E-state index contributed by atoms with van der Waals surface area (Å²) in [5.41, 5.74) is 7.93. The van der Waals surface area contributed by atoms with E-state index in [1.165, 1.54) is 0 Å². The van der Waals surface area contributed by atoms with Gasteiger partial charge in [0.2, 0.25) is 10.0 Å². The molecule has 1 aliphatic heterocycles. The Morgan fingerprint density at radius 3 is 1.55 bits per heavy atom. The number of hydrogen-bond acceptors (Lipinski definition) is 9. The molecule has 5 aromatic rings. The minimum absolute atomic E-state index is 0.0473. The van der Waals surface area contributed by atoms with E-state index in [1.807, 2.05) is 89.7 Å². The monoisotopic (exact) mass is 701 g/mol. The van der Waals surface area contributed by atoms with Crippen LogP contribution in [-0.2, 0) is 24.9 Å². The number of benzene rings is 4. The summed E-state index contributed by atoms with van der Waals surface area (Å²) in [6.45, 7) is -0.110. The summed E-state index contributed by atoms with van der Waals surface area (Å²) < 4.78 is 49.8. The number of carboxylic acids is 1. The number of aromatic amines is 1. The minimum Gasteiger partial charge on any atom is -0.748 e. The van der Waals surface area contributed by atoms with E-state index in [9.17, 15) is 28.2 Å². The first-order chi connectivity index (χ1) is 23.1. The van der Waals surface area contributed by atoms with E-state index in [4.69, 9.17) is 13.0 Å².